The lowest BCUT2D eigenvalue weighted by Gasteiger charge is -2.23. The molecule has 0 unspecified atom stereocenters. The summed E-state index contributed by atoms with van der Waals surface area (Å²) in [6, 6.07) is 2.04. The Bertz CT molecular complexity index is 969. The van der Waals surface area contributed by atoms with Crippen LogP contribution < -0.4 is 11.1 Å². The third kappa shape index (κ3) is 13.0. The maximum Gasteiger partial charge on any atom is 0.335 e. The van der Waals surface area contributed by atoms with E-state index in [9.17, 15) is 24.9 Å². The highest BCUT2D eigenvalue weighted by Crippen LogP contribution is 2.05. The summed E-state index contributed by atoms with van der Waals surface area (Å²) in [6.07, 6.45) is -9.15. The molecule has 0 saturated carbocycles. The van der Waals surface area contributed by atoms with Crippen LogP contribution in [0.5, 0.6) is 0 Å². The molecule has 172 valence electrons. The number of rotatable bonds is 5. The van der Waals surface area contributed by atoms with Crippen molar-refractivity contribution in [2.24, 2.45) is 0 Å². The number of quaternary nitrogens is 1. The molecule has 0 aliphatic heterocycles. The van der Waals surface area contributed by atoms with E-state index < -0.39 is 36.3 Å². The molecule has 0 heterocycles. The third-order valence-corrected chi connectivity index (χ3v) is 2.45. The van der Waals surface area contributed by atoms with Gasteiger partial charge in [0.2, 0.25) is 0 Å². The fourth-order valence-electron chi connectivity index (χ4n) is 1.19. The Kier molecular flexibility index (Phi) is 16.5. The quantitative estimate of drug-likeness (QED) is 0.202. The largest absolute Gasteiger partial charge is 0.479 e. The summed E-state index contributed by atoms with van der Waals surface area (Å²) in [7, 11) is 1.75. The van der Waals surface area contributed by atoms with Crippen LogP contribution in [0.2, 0.25) is 0 Å². The molecule has 9 heteroatoms. The van der Waals surface area contributed by atoms with Crippen molar-refractivity contribution in [3.63, 3.8) is 0 Å². The monoisotopic (exact) mass is 421 g/mol. The van der Waals surface area contributed by atoms with Crippen LogP contribution >= 0.6 is 0 Å². The van der Waals surface area contributed by atoms with Gasteiger partial charge in [0.25, 0.3) is 5.91 Å². The normalized spacial score (nSPS) is 11.6. The molecule has 0 aromatic heterocycles. The van der Waals surface area contributed by atoms with Crippen LogP contribution in [0, 0.1) is 71.2 Å². The van der Waals surface area contributed by atoms with Crippen molar-refractivity contribution in [3.8, 4) is 71.2 Å². The molecular weight excluding hydrogens is 380 g/mol. The number of hydrogen-bond acceptors (Lipinski definition) is 6. The Morgan fingerprint density at radius 2 is 1.14 bits per heavy atom. The van der Waals surface area contributed by atoms with Gasteiger partial charge in [-0.1, -0.05) is 5.92 Å². The van der Waals surface area contributed by atoms with Crippen molar-refractivity contribution in [2.45, 2.75) is 31.3 Å². The van der Waals surface area contributed by atoms with Gasteiger partial charge < -0.3 is 31.3 Å². The van der Waals surface area contributed by atoms with E-state index in [-0.39, 0.29) is 15.7 Å². The van der Waals surface area contributed by atoms with E-state index >= 15 is 0 Å². The Balaban J connectivity index is -0.0000000497. The van der Waals surface area contributed by atoms with Gasteiger partial charge in [0.15, 0.2) is 12.2 Å². The van der Waals surface area contributed by atoms with E-state index in [1.165, 1.54) is 0 Å². The molecule has 0 aromatic rings. The number of aliphatic carboxylic acids is 1. The first-order valence-corrected chi connectivity index (χ1v) is 7.70. The highest BCUT2D eigenvalue weighted by atomic mass is 16.4. The van der Waals surface area contributed by atoms with Gasteiger partial charge in [-0.15, -0.1) is 0 Å². The molecule has 0 aliphatic rings. The molecule has 29 heavy (non-hydrogen) atoms. The van der Waals surface area contributed by atoms with E-state index in [0.717, 1.165) is 0 Å². The van der Waals surface area contributed by atoms with Crippen LogP contribution in [0.3, 0.4) is 0 Å². The number of carboxylic acid groups (broad SMARTS) is 1. The van der Waals surface area contributed by atoms with Crippen LogP contribution in [0.25, 0.3) is 0 Å². The topological polar surface area (TPSA) is 175 Å². The zero-order valence-corrected chi connectivity index (χ0v) is 15.6. The Labute approximate surface area is 184 Å². The molecule has 0 fully saturated rings. The maximum atomic E-state index is 11.5. The molecule has 0 bridgehead atoms. The van der Waals surface area contributed by atoms with Gasteiger partial charge in [0, 0.05) is 51.3 Å². The van der Waals surface area contributed by atoms with Gasteiger partial charge in [0.1, 0.15) is 12.2 Å². The minimum Gasteiger partial charge on any atom is -0.479 e. The van der Waals surface area contributed by atoms with Gasteiger partial charge in [-0.2, -0.15) is 0 Å². The molecular formula is C20H41N2O7+. The molecule has 0 aliphatic carbocycles. The fourth-order valence-corrected chi connectivity index (χ4v) is 1.19. The summed E-state index contributed by atoms with van der Waals surface area (Å²) < 4.78 is 0. The second kappa shape index (κ2) is 17.5. The number of carbonyl (C=O) groups excluding carboxylic acids is 1. The van der Waals surface area contributed by atoms with Crippen LogP contribution in [0.4, 0.5) is 0 Å². The predicted molar refractivity (Wildman–Crippen MR) is 124 cm³/mol. The number of aliphatic hydroxyl groups is 4. The van der Waals surface area contributed by atoms with Crippen molar-refractivity contribution in [1.82, 2.24) is 5.32 Å². The van der Waals surface area contributed by atoms with Gasteiger partial charge in [-0.3, -0.25) is 10.1 Å². The summed E-state index contributed by atoms with van der Waals surface area (Å²) in [4.78, 5) is 21.9. The number of aliphatic hydroxyl groups excluding tert-OH is 4. The summed E-state index contributed by atoms with van der Waals surface area (Å²) in [6.45, 7) is 1.64. The van der Waals surface area contributed by atoms with Crippen LogP contribution in [-0.2, 0) is 9.59 Å². The van der Waals surface area contributed by atoms with Crippen molar-refractivity contribution in [2.75, 3.05) is 7.05 Å². The minimum atomic E-state index is -2.38. The van der Waals surface area contributed by atoms with Gasteiger partial charge in [0.05, 0.1) is 7.05 Å². The second-order valence-corrected chi connectivity index (χ2v) is 4.32. The molecule has 0 aromatic carbocycles. The predicted octanol–water partition coefficient (Wildman–Crippen LogP) is -1.81. The van der Waals surface area contributed by atoms with E-state index in [0.29, 0.717) is 0 Å². The lowest BCUT2D eigenvalue weighted by Crippen LogP contribution is -2.52. The second-order valence-electron chi connectivity index (χ2n) is 4.32. The first-order valence-electron chi connectivity index (χ1n) is 7.70. The maximum absolute atomic E-state index is 11.5. The smallest absolute Gasteiger partial charge is 0.335 e. The van der Waals surface area contributed by atoms with Crippen molar-refractivity contribution in [3.05, 3.63) is 0 Å². The van der Waals surface area contributed by atoms with Crippen molar-refractivity contribution >= 4 is 11.9 Å². The molecule has 0 radical (unpaired) electrons. The molecule has 0 saturated heterocycles. The van der Waals surface area contributed by atoms with Crippen LogP contribution in [0.15, 0.2) is 0 Å². The first-order chi connectivity index (χ1) is 13.8. The highest BCUT2D eigenvalue weighted by Gasteiger charge is 2.37. The molecule has 4 atom stereocenters. The lowest BCUT2D eigenvalue weighted by molar-refractivity contribution is -0.325. The SMILES string of the molecule is CC#CC#CC#CC#CC#CC#CNC(=O)[C@@H](O)[C@H](O)[C@@H](O)[C@@H](O)C(=O)O.C[NH3+].[HH].[HH].[HH].[HH].[HH].[HH].[HH].[HH].[HH].[HH].[HH]. The zero-order chi connectivity index (χ0) is 22.7. The number of amides is 1. The van der Waals surface area contributed by atoms with E-state index in [1.807, 2.05) is 11.4 Å². The van der Waals surface area contributed by atoms with E-state index in [2.05, 4.69) is 70.9 Å². The third-order valence-electron chi connectivity index (χ3n) is 2.45. The first kappa shape index (κ1) is 27.3. The van der Waals surface area contributed by atoms with E-state index in [4.69, 9.17) is 10.2 Å². The zero-order valence-electron chi connectivity index (χ0n) is 15.6. The van der Waals surface area contributed by atoms with Crippen molar-refractivity contribution < 1.29 is 56.5 Å². The molecule has 9 N–H and O–H groups in total. The standard InChI is InChI=1S/C19H13NO7.CH5N.11H2/c1-2-3-4-5-6-7-8-9-10-11-12-13-20-18(25)16(23)14(21)15(22)17(24)19(26)27;1-2;;;;;;;;;;;/h14-17,21-24H,1H3,(H,20,25)(H,26,27);2H2,1H3;11*1H/p+1/t14-,15-,16+,17-;;;;;;;;;;;;/m1............/s1. The Morgan fingerprint density at radius 3 is 1.55 bits per heavy atom. The summed E-state index contributed by atoms with van der Waals surface area (Å²) in [5.74, 6) is 23.0. The summed E-state index contributed by atoms with van der Waals surface area (Å²) >= 11 is 0. The van der Waals surface area contributed by atoms with Crippen LogP contribution in [0.1, 0.15) is 22.6 Å². The van der Waals surface area contributed by atoms with E-state index in [1.54, 1.807) is 14.0 Å². The van der Waals surface area contributed by atoms with Gasteiger partial charge >= 0.3 is 5.97 Å². The van der Waals surface area contributed by atoms with Gasteiger partial charge in [-0.05, 0) is 36.5 Å². The summed E-state index contributed by atoms with van der Waals surface area (Å²) in [5.41, 5.74) is 3.25. The van der Waals surface area contributed by atoms with Crippen LogP contribution in [-0.4, -0.2) is 68.9 Å². The number of nitrogens with one attached hydrogen (secondary N) is 1. The number of carboxylic acids is 1. The molecule has 9 nitrogen and oxygen atoms in total. The van der Waals surface area contributed by atoms with Crippen molar-refractivity contribution in [1.29, 1.82) is 0 Å². The number of carbonyl (C=O) groups is 2. The Morgan fingerprint density at radius 1 is 0.759 bits per heavy atom. The highest BCUT2D eigenvalue weighted by molar-refractivity contribution is 5.83. The minimum absolute atomic E-state index is 0. The fraction of sp³-hybridized carbons (Fsp3) is 0.300. The average Bonchev–Trinajstić information content (AvgIpc) is 2.73. The average molecular weight is 422 g/mol. The molecule has 0 rings (SSSR count). The van der Waals surface area contributed by atoms with Gasteiger partial charge in [-0.25, -0.2) is 4.79 Å². The molecule has 0 spiro atoms. The lowest BCUT2D eigenvalue weighted by atomic mass is 10.0. The summed E-state index contributed by atoms with van der Waals surface area (Å²) in [5, 5.41) is 47.6. The number of hydrogen-bond donors (Lipinski definition) is 7. The Hall–Kier alpha value is -3.90. The molecule has 1 amide bonds.